The number of nitriles is 1. The summed E-state index contributed by atoms with van der Waals surface area (Å²) in [5, 5.41) is 14.0. The SMILES string of the molecule is N#Cc1ccccc1NC(=O)C[NH2+][C@@H]1CCCc2ccccc21. The number of carbonyl (C=O) groups is 1. The highest BCUT2D eigenvalue weighted by Gasteiger charge is 2.23. The Labute approximate surface area is 136 Å². The number of nitrogens with two attached hydrogens (primary N) is 1. The van der Waals surface area contributed by atoms with Gasteiger partial charge < -0.3 is 10.6 Å². The van der Waals surface area contributed by atoms with E-state index >= 15 is 0 Å². The number of quaternary nitrogens is 1. The van der Waals surface area contributed by atoms with Crippen molar-refractivity contribution in [1.29, 1.82) is 5.26 Å². The summed E-state index contributed by atoms with van der Waals surface area (Å²) in [5.41, 5.74) is 3.82. The zero-order valence-electron chi connectivity index (χ0n) is 13.0. The number of amides is 1. The van der Waals surface area contributed by atoms with E-state index in [4.69, 9.17) is 5.26 Å². The van der Waals surface area contributed by atoms with Gasteiger partial charge in [-0.15, -0.1) is 0 Å². The fraction of sp³-hybridized carbons (Fsp3) is 0.263. The molecule has 23 heavy (non-hydrogen) atoms. The van der Waals surface area contributed by atoms with Crippen LogP contribution in [-0.2, 0) is 11.2 Å². The largest absolute Gasteiger partial charge is 0.332 e. The maximum atomic E-state index is 12.2. The Morgan fingerprint density at radius 2 is 2.00 bits per heavy atom. The number of benzene rings is 2. The second kappa shape index (κ2) is 7.08. The first-order valence-electron chi connectivity index (χ1n) is 7.98. The van der Waals surface area contributed by atoms with Gasteiger partial charge in [0.1, 0.15) is 12.1 Å². The van der Waals surface area contributed by atoms with Gasteiger partial charge in [-0.25, -0.2) is 0 Å². The topological polar surface area (TPSA) is 69.5 Å². The van der Waals surface area contributed by atoms with E-state index < -0.39 is 0 Å². The van der Waals surface area contributed by atoms with Gasteiger partial charge in [-0.3, -0.25) is 4.79 Å². The molecule has 0 heterocycles. The summed E-state index contributed by atoms with van der Waals surface area (Å²) in [7, 11) is 0. The average molecular weight is 306 g/mol. The van der Waals surface area contributed by atoms with Crippen LogP contribution in [0.15, 0.2) is 48.5 Å². The van der Waals surface area contributed by atoms with Crippen molar-refractivity contribution in [3.8, 4) is 6.07 Å². The number of anilines is 1. The second-order valence-corrected chi connectivity index (χ2v) is 5.84. The normalized spacial score (nSPS) is 16.2. The number of carbonyl (C=O) groups excluding carboxylic acids is 1. The van der Waals surface area contributed by atoms with Gasteiger partial charge >= 0.3 is 0 Å². The molecule has 4 heteroatoms. The van der Waals surface area contributed by atoms with E-state index in [-0.39, 0.29) is 5.91 Å². The van der Waals surface area contributed by atoms with Crippen LogP contribution < -0.4 is 10.6 Å². The van der Waals surface area contributed by atoms with Crippen LogP contribution in [0.1, 0.15) is 35.6 Å². The lowest BCUT2D eigenvalue weighted by Crippen LogP contribution is -2.87. The van der Waals surface area contributed by atoms with Crippen LogP contribution in [0.5, 0.6) is 0 Å². The molecule has 116 valence electrons. The molecule has 0 spiro atoms. The fourth-order valence-electron chi connectivity index (χ4n) is 3.18. The van der Waals surface area contributed by atoms with Crippen molar-refractivity contribution < 1.29 is 10.1 Å². The van der Waals surface area contributed by atoms with Crippen LogP contribution in [0, 0.1) is 11.3 Å². The highest BCUT2D eigenvalue weighted by atomic mass is 16.1. The molecule has 1 atom stereocenters. The van der Waals surface area contributed by atoms with Crippen molar-refractivity contribution in [3.63, 3.8) is 0 Å². The van der Waals surface area contributed by atoms with Gasteiger partial charge in [-0.05, 0) is 30.5 Å². The van der Waals surface area contributed by atoms with Gasteiger partial charge in [-0.2, -0.15) is 5.26 Å². The Morgan fingerprint density at radius 3 is 2.87 bits per heavy atom. The fourth-order valence-corrected chi connectivity index (χ4v) is 3.18. The molecule has 0 radical (unpaired) electrons. The predicted molar refractivity (Wildman–Crippen MR) is 88.7 cm³/mol. The van der Waals surface area contributed by atoms with Crippen LogP contribution >= 0.6 is 0 Å². The van der Waals surface area contributed by atoms with Crippen molar-refractivity contribution in [2.75, 3.05) is 11.9 Å². The van der Waals surface area contributed by atoms with Gasteiger partial charge in [0.05, 0.1) is 11.3 Å². The molecule has 3 N–H and O–H groups in total. The van der Waals surface area contributed by atoms with Crippen molar-refractivity contribution in [1.82, 2.24) is 0 Å². The number of rotatable bonds is 4. The number of fused-ring (bicyclic) bond motifs is 1. The number of hydrogen-bond acceptors (Lipinski definition) is 2. The maximum absolute atomic E-state index is 12.2. The maximum Gasteiger partial charge on any atom is 0.279 e. The second-order valence-electron chi connectivity index (χ2n) is 5.84. The van der Waals surface area contributed by atoms with Gasteiger partial charge in [0.25, 0.3) is 5.91 Å². The molecule has 0 aromatic heterocycles. The Bertz CT molecular complexity index is 748. The van der Waals surface area contributed by atoms with E-state index in [9.17, 15) is 4.79 Å². The minimum Gasteiger partial charge on any atom is -0.332 e. The molecule has 2 aromatic carbocycles. The lowest BCUT2D eigenvalue weighted by molar-refractivity contribution is -0.687. The van der Waals surface area contributed by atoms with E-state index in [1.54, 1.807) is 18.2 Å². The number of nitrogens with one attached hydrogen (secondary N) is 1. The molecule has 0 bridgehead atoms. The molecular formula is C19H20N3O+. The summed E-state index contributed by atoms with van der Waals surface area (Å²) in [4.78, 5) is 12.2. The third-order valence-corrected chi connectivity index (χ3v) is 4.33. The summed E-state index contributed by atoms with van der Waals surface area (Å²) in [6, 6.07) is 18.0. The summed E-state index contributed by atoms with van der Waals surface area (Å²) < 4.78 is 0. The van der Waals surface area contributed by atoms with E-state index in [1.807, 2.05) is 6.07 Å². The van der Waals surface area contributed by atoms with E-state index in [0.29, 0.717) is 23.8 Å². The summed E-state index contributed by atoms with van der Waals surface area (Å²) in [6.45, 7) is 0.360. The van der Waals surface area contributed by atoms with E-state index in [1.165, 1.54) is 11.1 Å². The smallest absolute Gasteiger partial charge is 0.279 e. The van der Waals surface area contributed by atoms with E-state index in [0.717, 1.165) is 19.3 Å². The summed E-state index contributed by atoms with van der Waals surface area (Å²) >= 11 is 0. The summed E-state index contributed by atoms with van der Waals surface area (Å²) in [6.07, 6.45) is 3.39. The van der Waals surface area contributed by atoms with Gasteiger partial charge in [-0.1, -0.05) is 36.4 Å². The molecule has 3 rings (SSSR count). The number of hydrogen-bond donors (Lipinski definition) is 2. The Morgan fingerprint density at radius 1 is 1.22 bits per heavy atom. The molecule has 4 nitrogen and oxygen atoms in total. The van der Waals surface area contributed by atoms with Gasteiger partial charge in [0.15, 0.2) is 6.54 Å². The molecule has 0 saturated carbocycles. The molecule has 0 saturated heterocycles. The number of para-hydroxylation sites is 1. The minimum atomic E-state index is -0.0734. The van der Waals surface area contributed by atoms with Gasteiger partial charge in [0, 0.05) is 12.0 Å². The summed E-state index contributed by atoms with van der Waals surface area (Å²) in [5.74, 6) is -0.0734. The standard InChI is InChI=1S/C19H19N3O/c20-12-15-7-2-4-10-17(15)22-19(23)13-21-18-11-5-8-14-6-1-3-9-16(14)18/h1-4,6-7,9-10,18,21H,5,8,11,13H2,(H,22,23)/p+1/t18-/m1/s1. The highest BCUT2D eigenvalue weighted by molar-refractivity contribution is 5.92. The van der Waals surface area contributed by atoms with Crippen molar-refractivity contribution >= 4 is 11.6 Å². The Balaban J connectivity index is 1.61. The van der Waals surface area contributed by atoms with Crippen LogP contribution in [0.2, 0.25) is 0 Å². The van der Waals surface area contributed by atoms with Crippen molar-refractivity contribution in [3.05, 3.63) is 65.2 Å². The first-order chi connectivity index (χ1) is 11.3. The molecule has 1 aliphatic rings. The highest BCUT2D eigenvalue weighted by Crippen LogP contribution is 2.26. The average Bonchev–Trinajstić information content (AvgIpc) is 2.60. The first kappa shape index (κ1) is 15.3. The van der Waals surface area contributed by atoms with Crippen LogP contribution in [0.4, 0.5) is 5.69 Å². The molecular weight excluding hydrogens is 286 g/mol. The van der Waals surface area contributed by atoms with Gasteiger partial charge in [0.2, 0.25) is 0 Å². The lowest BCUT2D eigenvalue weighted by atomic mass is 9.88. The van der Waals surface area contributed by atoms with Crippen LogP contribution in [-0.4, -0.2) is 12.5 Å². The van der Waals surface area contributed by atoms with Crippen LogP contribution in [0.3, 0.4) is 0 Å². The Hall–Kier alpha value is -2.64. The quantitative estimate of drug-likeness (QED) is 0.908. The zero-order chi connectivity index (χ0) is 16.1. The molecule has 0 aliphatic heterocycles. The third-order valence-electron chi connectivity index (χ3n) is 4.33. The van der Waals surface area contributed by atoms with Crippen molar-refractivity contribution in [2.45, 2.75) is 25.3 Å². The van der Waals surface area contributed by atoms with Crippen molar-refractivity contribution in [2.24, 2.45) is 0 Å². The zero-order valence-corrected chi connectivity index (χ0v) is 13.0. The molecule has 0 fully saturated rings. The molecule has 0 unspecified atom stereocenters. The Kier molecular flexibility index (Phi) is 4.70. The number of nitrogens with zero attached hydrogens (tertiary/aromatic N) is 1. The monoisotopic (exact) mass is 306 g/mol. The predicted octanol–water partition coefficient (Wildman–Crippen LogP) is 2.14. The molecule has 1 aliphatic carbocycles. The minimum absolute atomic E-state index is 0.0734. The van der Waals surface area contributed by atoms with Crippen LogP contribution in [0.25, 0.3) is 0 Å². The number of aryl methyl sites for hydroxylation is 1. The molecule has 1 amide bonds. The lowest BCUT2D eigenvalue weighted by Gasteiger charge is -2.23. The first-order valence-corrected chi connectivity index (χ1v) is 7.98. The van der Waals surface area contributed by atoms with E-state index in [2.05, 4.69) is 41.0 Å². The molecule has 2 aromatic rings. The third kappa shape index (κ3) is 3.58.